The molecule has 0 unspecified atom stereocenters. The van der Waals surface area contributed by atoms with E-state index in [-0.39, 0.29) is 28.7 Å². The van der Waals surface area contributed by atoms with Gasteiger partial charge in [0.15, 0.2) is 0 Å². The first-order valence-electron chi connectivity index (χ1n) is 5.63. The van der Waals surface area contributed by atoms with Crippen LogP contribution in [0.2, 0.25) is 5.02 Å². The molecular weight excluding hydrogens is 286 g/mol. The third kappa shape index (κ3) is 3.67. The van der Waals surface area contributed by atoms with Crippen molar-refractivity contribution in [2.45, 2.75) is 0 Å². The highest BCUT2D eigenvalue weighted by Gasteiger charge is 2.24. The van der Waals surface area contributed by atoms with E-state index < -0.39 is 10.8 Å². The van der Waals surface area contributed by atoms with Crippen molar-refractivity contribution in [3.63, 3.8) is 0 Å². The lowest BCUT2D eigenvalue weighted by Gasteiger charge is -2.19. The van der Waals surface area contributed by atoms with Crippen molar-refractivity contribution in [3.8, 4) is 0 Å². The maximum atomic E-state index is 12.1. The number of nitrogens with zero attached hydrogens (tertiary/aromatic N) is 3. The molecule has 0 atom stereocenters. The van der Waals surface area contributed by atoms with Crippen LogP contribution in [0.25, 0.3) is 0 Å². The summed E-state index contributed by atoms with van der Waals surface area (Å²) in [4.78, 5) is 36.4. The Kier molecular flexibility index (Phi) is 5.04. The Labute approximate surface area is 120 Å². The van der Waals surface area contributed by atoms with E-state index in [2.05, 4.69) is 0 Å². The second kappa shape index (κ2) is 6.33. The predicted molar refractivity (Wildman–Crippen MR) is 73.8 cm³/mol. The fraction of sp³-hybridized carbons (Fsp3) is 0.333. The van der Waals surface area contributed by atoms with Gasteiger partial charge in [-0.2, -0.15) is 0 Å². The summed E-state index contributed by atoms with van der Waals surface area (Å²) in [5, 5.41) is 11.1. The second-order valence-corrected chi connectivity index (χ2v) is 4.80. The van der Waals surface area contributed by atoms with Crippen LogP contribution in [0.5, 0.6) is 0 Å². The molecule has 0 aliphatic rings. The first-order chi connectivity index (χ1) is 9.23. The maximum absolute atomic E-state index is 12.1. The third-order valence-electron chi connectivity index (χ3n) is 2.60. The molecule has 0 aliphatic heterocycles. The molecule has 20 heavy (non-hydrogen) atoms. The summed E-state index contributed by atoms with van der Waals surface area (Å²) in [6.07, 6.45) is 0. The molecule has 0 fully saturated rings. The highest BCUT2D eigenvalue weighted by Crippen LogP contribution is 2.24. The molecule has 2 amide bonds. The molecule has 7 nitrogen and oxygen atoms in total. The third-order valence-corrected chi connectivity index (χ3v) is 2.84. The van der Waals surface area contributed by atoms with Gasteiger partial charge in [-0.3, -0.25) is 19.7 Å². The zero-order chi connectivity index (χ0) is 15.4. The number of nitro groups is 1. The Morgan fingerprint density at radius 1 is 1.30 bits per heavy atom. The van der Waals surface area contributed by atoms with Gasteiger partial charge >= 0.3 is 0 Å². The lowest BCUT2D eigenvalue weighted by Crippen LogP contribution is -2.37. The molecule has 0 aliphatic carbocycles. The van der Waals surface area contributed by atoms with Crippen LogP contribution in [0.15, 0.2) is 18.2 Å². The van der Waals surface area contributed by atoms with Crippen LogP contribution in [0.4, 0.5) is 5.69 Å². The molecule has 0 aromatic heterocycles. The quantitative estimate of drug-likeness (QED) is 0.621. The molecule has 1 rings (SSSR count). The molecule has 0 spiro atoms. The van der Waals surface area contributed by atoms with Gasteiger partial charge in [-0.1, -0.05) is 11.6 Å². The number of carbonyl (C=O) groups is 2. The van der Waals surface area contributed by atoms with Crippen LogP contribution < -0.4 is 0 Å². The van der Waals surface area contributed by atoms with E-state index in [0.29, 0.717) is 0 Å². The van der Waals surface area contributed by atoms with E-state index in [9.17, 15) is 19.7 Å². The number of likely N-dealkylation sites (N-methyl/N-ethyl adjacent to an activating group) is 2. The van der Waals surface area contributed by atoms with Crippen molar-refractivity contribution in [1.29, 1.82) is 0 Å². The molecular formula is C12H14ClN3O4. The van der Waals surface area contributed by atoms with E-state index >= 15 is 0 Å². The summed E-state index contributed by atoms with van der Waals surface area (Å²) in [6, 6.07) is 3.78. The van der Waals surface area contributed by atoms with Crippen molar-refractivity contribution in [3.05, 3.63) is 38.9 Å². The monoisotopic (exact) mass is 299 g/mol. The number of halogens is 1. The molecule has 1 aromatic rings. The Balaban J connectivity index is 3.03. The Morgan fingerprint density at radius 3 is 2.40 bits per heavy atom. The number of rotatable bonds is 4. The van der Waals surface area contributed by atoms with Gasteiger partial charge in [0, 0.05) is 32.2 Å². The minimum atomic E-state index is -0.680. The smallest absolute Gasteiger partial charge is 0.283 e. The zero-order valence-corrected chi connectivity index (χ0v) is 12.0. The van der Waals surface area contributed by atoms with Gasteiger partial charge < -0.3 is 9.80 Å². The minimum Gasteiger partial charge on any atom is -0.347 e. The summed E-state index contributed by atoms with van der Waals surface area (Å²) in [7, 11) is 4.53. The van der Waals surface area contributed by atoms with E-state index in [4.69, 9.17) is 11.6 Å². The molecule has 8 heteroatoms. The van der Waals surface area contributed by atoms with Gasteiger partial charge in [0.05, 0.1) is 11.5 Å². The summed E-state index contributed by atoms with van der Waals surface area (Å²) in [5.74, 6) is -0.888. The van der Waals surface area contributed by atoms with Crippen molar-refractivity contribution < 1.29 is 14.5 Å². The first-order valence-corrected chi connectivity index (χ1v) is 6.01. The zero-order valence-electron chi connectivity index (χ0n) is 11.3. The lowest BCUT2D eigenvalue weighted by atomic mass is 10.1. The highest BCUT2D eigenvalue weighted by atomic mass is 35.5. The van der Waals surface area contributed by atoms with Gasteiger partial charge in [0.2, 0.25) is 5.91 Å². The number of amides is 2. The van der Waals surface area contributed by atoms with Crippen molar-refractivity contribution in [1.82, 2.24) is 9.80 Å². The van der Waals surface area contributed by atoms with Gasteiger partial charge in [-0.25, -0.2) is 0 Å². The topological polar surface area (TPSA) is 83.8 Å². The molecule has 0 N–H and O–H groups in total. The summed E-state index contributed by atoms with van der Waals surface area (Å²) >= 11 is 5.68. The highest BCUT2D eigenvalue weighted by molar-refractivity contribution is 6.31. The fourth-order valence-corrected chi connectivity index (χ4v) is 1.62. The normalized spacial score (nSPS) is 10.0. The summed E-state index contributed by atoms with van der Waals surface area (Å²) in [6.45, 7) is -0.161. The van der Waals surface area contributed by atoms with Crippen LogP contribution in [0.1, 0.15) is 10.4 Å². The summed E-state index contributed by atoms with van der Waals surface area (Å²) < 4.78 is 0. The van der Waals surface area contributed by atoms with Gasteiger partial charge in [-0.05, 0) is 12.1 Å². The Bertz CT molecular complexity index is 560. The average molecular weight is 300 g/mol. The van der Waals surface area contributed by atoms with E-state index in [1.54, 1.807) is 14.1 Å². The van der Waals surface area contributed by atoms with Crippen LogP contribution in [0, 0.1) is 10.1 Å². The fourth-order valence-electron chi connectivity index (χ4n) is 1.46. The largest absolute Gasteiger partial charge is 0.347 e. The molecule has 0 radical (unpaired) electrons. The molecule has 0 saturated heterocycles. The molecule has 0 heterocycles. The molecule has 0 bridgehead atoms. The molecule has 1 aromatic carbocycles. The van der Waals surface area contributed by atoms with Crippen molar-refractivity contribution >= 4 is 29.1 Å². The predicted octanol–water partition coefficient (Wildman–Crippen LogP) is 1.41. The van der Waals surface area contributed by atoms with E-state index in [1.807, 2.05) is 0 Å². The number of nitro benzene ring substituents is 1. The molecule has 0 saturated carbocycles. The van der Waals surface area contributed by atoms with E-state index in [0.717, 1.165) is 11.0 Å². The van der Waals surface area contributed by atoms with Gasteiger partial charge in [-0.15, -0.1) is 0 Å². The Morgan fingerprint density at radius 2 is 1.90 bits per heavy atom. The number of carbonyl (C=O) groups excluding carboxylic acids is 2. The average Bonchev–Trinajstić information content (AvgIpc) is 2.37. The number of hydrogen-bond acceptors (Lipinski definition) is 4. The van der Waals surface area contributed by atoms with Crippen LogP contribution in [-0.4, -0.2) is 54.2 Å². The first kappa shape index (κ1) is 15.9. The van der Waals surface area contributed by atoms with E-state index in [1.165, 1.54) is 24.1 Å². The SMILES string of the molecule is CN(C)C(=O)CN(C)C(=O)c1ccc(Cl)cc1[N+](=O)[O-]. The standard InChI is InChI=1S/C12H14ClN3O4/c1-14(2)11(17)7-15(3)12(18)9-5-4-8(13)6-10(9)16(19)20/h4-6H,7H2,1-3H3. The van der Waals surface area contributed by atoms with Crippen LogP contribution in [-0.2, 0) is 4.79 Å². The van der Waals surface area contributed by atoms with Crippen molar-refractivity contribution in [2.24, 2.45) is 0 Å². The van der Waals surface area contributed by atoms with Crippen molar-refractivity contribution in [2.75, 3.05) is 27.7 Å². The van der Waals surface area contributed by atoms with Gasteiger partial charge in [0.1, 0.15) is 5.56 Å². The molecule has 108 valence electrons. The second-order valence-electron chi connectivity index (χ2n) is 4.37. The maximum Gasteiger partial charge on any atom is 0.283 e. The number of hydrogen-bond donors (Lipinski definition) is 0. The minimum absolute atomic E-state index is 0.103. The van der Waals surface area contributed by atoms with Crippen LogP contribution in [0.3, 0.4) is 0 Å². The Hall–Kier alpha value is -2.15. The lowest BCUT2D eigenvalue weighted by molar-refractivity contribution is -0.385. The van der Waals surface area contributed by atoms with Crippen LogP contribution >= 0.6 is 11.6 Å². The van der Waals surface area contributed by atoms with Gasteiger partial charge in [0.25, 0.3) is 11.6 Å². The summed E-state index contributed by atoms with van der Waals surface area (Å²) in [5.41, 5.74) is -0.486. The number of benzene rings is 1.